The highest BCUT2D eigenvalue weighted by molar-refractivity contribution is 7.95. The molecule has 1 aromatic rings. The lowest BCUT2D eigenvalue weighted by Crippen LogP contribution is -1.91. The fourth-order valence-corrected chi connectivity index (χ4v) is 1.23. The molecule has 0 atom stereocenters. The summed E-state index contributed by atoms with van der Waals surface area (Å²) in [6, 6.07) is 8.08. The van der Waals surface area contributed by atoms with Crippen LogP contribution in [0.1, 0.15) is 47.1 Å². The summed E-state index contributed by atoms with van der Waals surface area (Å²) in [5.41, 5.74) is 1.23. The van der Waals surface area contributed by atoms with Crippen LogP contribution < -0.4 is 4.18 Å². The second-order valence-electron chi connectivity index (χ2n) is 3.04. The third-order valence-corrected chi connectivity index (χ3v) is 2.00. The maximum Gasteiger partial charge on any atom is 0.137 e. The van der Waals surface area contributed by atoms with Crippen LogP contribution in [0.25, 0.3) is 0 Å². The number of rotatable bonds is 3. The molecular formula is C14H26OS. The van der Waals surface area contributed by atoms with E-state index >= 15 is 0 Å². The van der Waals surface area contributed by atoms with Crippen molar-refractivity contribution in [2.45, 2.75) is 53.7 Å². The molecule has 0 bridgehead atoms. The quantitative estimate of drug-likeness (QED) is 0.649. The summed E-state index contributed by atoms with van der Waals surface area (Å²) in [7, 11) is 0. The van der Waals surface area contributed by atoms with Gasteiger partial charge in [-0.1, -0.05) is 53.7 Å². The zero-order valence-corrected chi connectivity index (χ0v) is 12.5. The standard InChI is InChI=1S/C10H14OS.2C2H6/c1-8(2)12-11-10-6-4-5-9(3)7-10;2*1-2/h4-8H,1-3H3;2*1-2H3. The summed E-state index contributed by atoms with van der Waals surface area (Å²) in [4.78, 5) is 0. The van der Waals surface area contributed by atoms with Crippen molar-refractivity contribution in [3.05, 3.63) is 29.8 Å². The summed E-state index contributed by atoms with van der Waals surface area (Å²) < 4.78 is 5.46. The van der Waals surface area contributed by atoms with Crippen molar-refractivity contribution in [3.63, 3.8) is 0 Å². The lowest BCUT2D eigenvalue weighted by atomic mass is 10.2. The topological polar surface area (TPSA) is 9.23 Å². The van der Waals surface area contributed by atoms with Gasteiger partial charge in [0.25, 0.3) is 0 Å². The molecule has 0 saturated heterocycles. The average molecular weight is 242 g/mol. The predicted molar refractivity (Wildman–Crippen MR) is 77.2 cm³/mol. The maximum atomic E-state index is 5.46. The van der Waals surface area contributed by atoms with Gasteiger partial charge >= 0.3 is 0 Å². The molecule has 0 amide bonds. The predicted octanol–water partition coefficient (Wildman–Crippen LogP) is 5.48. The molecule has 0 N–H and O–H groups in total. The molecule has 0 aliphatic rings. The molecule has 0 unspecified atom stereocenters. The number of aryl methyl sites for hydroxylation is 1. The summed E-state index contributed by atoms with van der Waals surface area (Å²) in [5, 5.41) is 0.505. The van der Waals surface area contributed by atoms with Crippen LogP contribution in [0.3, 0.4) is 0 Å². The van der Waals surface area contributed by atoms with Crippen molar-refractivity contribution in [1.82, 2.24) is 0 Å². The zero-order valence-electron chi connectivity index (χ0n) is 11.7. The Labute approximate surface area is 106 Å². The smallest absolute Gasteiger partial charge is 0.137 e. The van der Waals surface area contributed by atoms with E-state index in [1.807, 2.05) is 45.9 Å². The summed E-state index contributed by atoms with van der Waals surface area (Å²) in [6.07, 6.45) is 0. The minimum absolute atomic E-state index is 0.505. The van der Waals surface area contributed by atoms with Crippen LogP contribution in [0, 0.1) is 6.92 Å². The van der Waals surface area contributed by atoms with E-state index in [9.17, 15) is 0 Å². The molecular weight excluding hydrogens is 216 g/mol. The molecule has 0 heterocycles. The van der Waals surface area contributed by atoms with Crippen molar-refractivity contribution in [2.24, 2.45) is 0 Å². The van der Waals surface area contributed by atoms with Crippen LogP contribution in [0.2, 0.25) is 0 Å². The summed E-state index contributed by atoms with van der Waals surface area (Å²) >= 11 is 1.49. The van der Waals surface area contributed by atoms with Gasteiger partial charge in [-0.3, -0.25) is 0 Å². The van der Waals surface area contributed by atoms with Crippen LogP contribution in [0.4, 0.5) is 0 Å². The molecule has 0 aromatic heterocycles. The minimum atomic E-state index is 0.505. The Balaban J connectivity index is 0. The Hall–Kier alpha value is -0.630. The lowest BCUT2D eigenvalue weighted by molar-refractivity contribution is 0.638. The van der Waals surface area contributed by atoms with E-state index in [0.717, 1.165) is 5.75 Å². The van der Waals surface area contributed by atoms with E-state index in [2.05, 4.69) is 26.8 Å². The number of hydrogen-bond donors (Lipinski definition) is 0. The van der Waals surface area contributed by atoms with E-state index < -0.39 is 0 Å². The van der Waals surface area contributed by atoms with Crippen molar-refractivity contribution in [1.29, 1.82) is 0 Å². The Morgan fingerprint density at radius 3 is 2.06 bits per heavy atom. The Bertz CT molecular complexity index is 246. The van der Waals surface area contributed by atoms with Crippen molar-refractivity contribution >= 4 is 12.0 Å². The van der Waals surface area contributed by atoms with E-state index in [4.69, 9.17) is 4.18 Å². The molecule has 1 nitrogen and oxygen atoms in total. The van der Waals surface area contributed by atoms with E-state index in [-0.39, 0.29) is 0 Å². The first-order valence-electron chi connectivity index (χ1n) is 6.08. The van der Waals surface area contributed by atoms with Crippen molar-refractivity contribution in [3.8, 4) is 5.75 Å². The molecule has 0 aliphatic heterocycles. The third-order valence-electron chi connectivity index (χ3n) is 1.33. The molecule has 0 saturated carbocycles. The second kappa shape index (κ2) is 12.4. The Morgan fingerprint density at radius 2 is 1.62 bits per heavy atom. The summed E-state index contributed by atoms with van der Waals surface area (Å²) in [6.45, 7) is 14.3. The van der Waals surface area contributed by atoms with E-state index in [0.29, 0.717) is 5.25 Å². The highest BCUT2D eigenvalue weighted by Crippen LogP contribution is 2.19. The van der Waals surface area contributed by atoms with E-state index in [1.165, 1.54) is 17.6 Å². The normalized spacial score (nSPS) is 8.50. The first-order chi connectivity index (χ1) is 7.68. The van der Waals surface area contributed by atoms with Gasteiger partial charge in [0.2, 0.25) is 0 Å². The van der Waals surface area contributed by atoms with Gasteiger partial charge in [-0.2, -0.15) is 0 Å². The van der Waals surface area contributed by atoms with Crippen LogP contribution in [-0.2, 0) is 0 Å². The number of benzene rings is 1. The SMILES string of the molecule is CC.CC.Cc1cccc(OSC(C)C)c1. The Kier molecular flexibility index (Phi) is 13.8. The van der Waals surface area contributed by atoms with Gasteiger partial charge in [0, 0.05) is 5.25 Å². The van der Waals surface area contributed by atoms with Gasteiger partial charge in [0.15, 0.2) is 0 Å². The van der Waals surface area contributed by atoms with Crippen LogP contribution in [-0.4, -0.2) is 5.25 Å². The molecule has 1 rings (SSSR count). The molecule has 2 heteroatoms. The molecule has 0 fully saturated rings. The zero-order chi connectivity index (χ0) is 13.0. The first kappa shape index (κ1) is 17.8. The van der Waals surface area contributed by atoms with Gasteiger partial charge in [0.05, 0.1) is 12.0 Å². The molecule has 16 heavy (non-hydrogen) atoms. The maximum absolute atomic E-state index is 5.46. The van der Waals surface area contributed by atoms with Crippen LogP contribution >= 0.6 is 12.0 Å². The van der Waals surface area contributed by atoms with Gasteiger partial charge in [0.1, 0.15) is 5.75 Å². The van der Waals surface area contributed by atoms with Crippen molar-refractivity contribution < 1.29 is 4.18 Å². The fourth-order valence-electron chi connectivity index (χ4n) is 0.819. The molecule has 0 spiro atoms. The Morgan fingerprint density at radius 1 is 1.06 bits per heavy atom. The molecule has 0 aliphatic carbocycles. The lowest BCUT2D eigenvalue weighted by Gasteiger charge is -2.06. The van der Waals surface area contributed by atoms with Crippen LogP contribution in [0.5, 0.6) is 5.75 Å². The number of hydrogen-bond acceptors (Lipinski definition) is 2. The highest BCUT2D eigenvalue weighted by atomic mass is 32.2. The van der Waals surface area contributed by atoms with Gasteiger partial charge in [-0.05, 0) is 24.6 Å². The molecule has 0 radical (unpaired) electrons. The molecule has 1 aromatic carbocycles. The average Bonchev–Trinajstić information content (AvgIpc) is 2.32. The van der Waals surface area contributed by atoms with Crippen LogP contribution in [0.15, 0.2) is 24.3 Å². The van der Waals surface area contributed by atoms with Gasteiger partial charge in [-0.25, -0.2) is 0 Å². The fraction of sp³-hybridized carbons (Fsp3) is 0.571. The molecule has 94 valence electrons. The van der Waals surface area contributed by atoms with E-state index in [1.54, 1.807) is 0 Å². The second-order valence-corrected chi connectivity index (χ2v) is 4.35. The largest absolute Gasteiger partial charge is 0.426 e. The third kappa shape index (κ3) is 9.91. The van der Waals surface area contributed by atoms with Gasteiger partial charge in [-0.15, -0.1) is 0 Å². The summed E-state index contributed by atoms with van der Waals surface area (Å²) in [5.74, 6) is 0.939. The minimum Gasteiger partial charge on any atom is -0.426 e. The van der Waals surface area contributed by atoms with Gasteiger partial charge < -0.3 is 4.18 Å². The first-order valence-corrected chi connectivity index (χ1v) is 6.89. The van der Waals surface area contributed by atoms with Crippen molar-refractivity contribution in [2.75, 3.05) is 0 Å². The highest BCUT2D eigenvalue weighted by Gasteiger charge is 1.97. The monoisotopic (exact) mass is 242 g/mol.